The third-order valence-electron chi connectivity index (χ3n) is 3.49. The normalized spacial score (nSPS) is 11.2. The van der Waals surface area contributed by atoms with Crippen LogP contribution in [0.3, 0.4) is 0 Å². The highest BCUT2D eigenvalue weighted by Gasteiger charge is 2.31. The summed E-state index contributed by atoms with van der Waals surface area (Å²) in [4.78, 5) is 16.8. The van der Waals surface area contributed by atoms with E-state index in [1.807, 2.05) is 0 Å². The van der Waals surface area contributed by atoms with Gasteiger partial charge in [-0.25, -0.2) is 0 Å². The van der Waals surface area contributed by atoms with Crippen molar-refractivity contribution in [1.29, 1.82) is 0 Å². The van der Waals surface area contributed by atoms with Gasteiger partial charge in [0.05, 0.1) is 12.7 Å². The van der Waals surface area contributed by atoms with Crippen LogP contribution in [0.1, 0.15) is 16.1 Å². The molecule has 2 aromatic heterocycles. The smallest absolute Gasteiger partial charge is 0.472 e. The molecule has 0 aliphatic carbocycles. The Hall–Kier alpha value is -3.21. The number of carbonyl (C=O) groups is 1. The van der Waals surface area contributed by atoms with Gasteiger partial charge in [0, 0.05) is 11.9 Å². The minimum Gasteiger partial charge on any atom is -0.472 e. The van der Waals surface area contributed by atoms with E-state index in [1.165, 1.54) is 37.6 Å². The standard InChI is InChI=1S/C17H13F3N4O3S/c1-9-7-12(10-3-5-11(6-4-10)27-17(18,19)20)13(8-21-9)14(25)22-15-23-24-16(26-2)28-15/h3-8H,1-2H3,(H,22,23,25). The van der Waals surface area contributed by atoms with Crippen LogP contribution in [0.2, 0.25) is 0 Å². The van der Waals surface area contributed by atoms with Gasteiger partial charge in [0.25, 0.3) is 11.1 Å². The maximum atomic E-state index is 12.6. The van der Waals surface area contributed by atoms with Crippen LogP contribution in [-0.4, -0.2) is 34.6 Å². The van der Waals surface area contributed by atoms with Crippen LogP contribution < -0.4 is 14.8 Å². The minimum atomic E-state index is -4.78. The van der Waals surface area contributed by atoms with E-state index in [0.29, 0.717) is 16.8 Å². The first kappa shape index (κ1) is 19.5. The number of aryl methyl sites for hydroxylation is 1. The largest absolute Gasteiger partial charge is 0.573 e. The van der Waals surface area contributed by atoms with Crippen molar-refractivity contribution in [3.63, 3.8) is 0 Å². The molecule has 0 saturated heterocycles. The summed E-state index contributed by atoms with van der Waals surface area (Å²) in [6.07, 6.45) is -3.39. The lowest BCUT2D eigenvalue weighted by molar-refractivity contribution is -0.274. The Morgan fingerprint density at radius 2 is 1.89 bits per heavy atom. The van der Waals surface area contributed by atoms with Gasteiger partial charge >= 0.3 is 6.36 Å². The van der Waals surface area contributed by atoms with Crippen LogP contribution >= 0.6 is 11.3 Å². The average molecular weight is 410 g/mol. The number of pyridine rings is 1. The van der Waals surface area contributed by atoms with E-state index in [2.05, 4.69) is 25.2 Å². The van der Waals surface area contributed by atoms with Crippen molar-refractivity contribution in [3.05, 3.63) is 47.8 Å². The Labute approximate surface area is 161 Å². The first-order chi connectivity index (χ1) is 13.2. The van der Waals surface area contributed by atoms with Crippen molar-refractivity contribution in [3.8, 4) is 22.1 Å². The number of carbonyl (C=O) groups excluding carboxylic acids is 1. The van der Waals surface area contributed by atoms with Crippen molar-refractivity contribution < 1.29 is 27.4 Å². The third kappa shape index (κ3) is 4.74. The van der Waals surface area contributed by atoms with Gasteiger partial charge in [0.2, 0.25) is 5.13 Å². The molecule has 0 aliphatic rings. The number of rotatable bonds is 5. The molecule has 1 aromatic carbocycles. The Bertz CT molecular complexity index is 990. The summed E-state index contributed by atoms with van der Waals surface area (Å²) in [6, 6.07) is 6.88. The molecule has 0 unspecified atom stereocenters. The van der Waals surface area contributed by atoms with E-state index in [4.69, 9.17) is 4.74 Å². The highest BCUT2D eigenvalue weighted by Crippen LogP contribution is 2.29. The number of alkyl halides is 3. The van der Waals surface area contributed by atoms with Crippen LogP contribution in [0, 0.1) is 6.92 Å². The lowest BCUT2D eigenvalue weighted by atomic mass is 10.00. The van der Waals surface area contributed by atoms with Gasteiger partial charge in [-0.2, -0.15) is 0 Å². The molecule has 1 amide bonds. The topological polar surface area (TPSA) is 86.2 Å². The van der Waals surface area contributed by atoms with Gasteiger partial charge < -0.3 is 9.47 Å². The number of hydrogen-bond acceptors (Lipinski definition) is 7. The first-order valence-corrected chi connectivity index (χ1v) is 8.58. The quantitative estimate of drug-likeness (QED) is 0.683. The Balaban J connectivity index is 1.89. The molecule has 2 heterocycles. The molecule has 146 valence electrons. The Kier molecular flexibility index (Phi) is 5.45. The van der Waals surface area contributed by atoms with Gasteiger partial charge in [-0.05, 0) is 47.6 Å². The fraction of sp³-hybridized carbons (Fsp3) is 0.176. The highest BCUT2D eigenvalue weighted by atomic mass is 32.1. The summed E-state index contributed by atoms with van der Waals surface area (Å²) >= 11 is 1.05. The fourth-order valence-corrected chi connectivity index (χ4v) is 2.88. The van der Waals surface area contributed by atoms with Crippen LogP contribution in [-0.2, 0) is 0 Å². The second-order valence-electron chi connectivity index (χ2n) is 5.47. The molecular formula is C17H13F3N4O3S. The summed E-state index contributed by atoms with van der Waals surface area (Å²) < 4.78 is 45.8. The molecule has 1 N–H and O–H groups in total. The van der Waals surface area contributed by atoms with E-state index < -0.39 is 12.3 Å². The zero-order chi connectivity index (χ0) is 20.3. The van der Waals surface area contributed by atoms with Crippen molar-refractivity contribution >= 4 is 22.4 Å². The maximum Gasteiger partial charge on any atom is 0.573 e. The third-order valence-corrected chi connectivity index (χ3v) is 4.29. The monoisotopic (exact) mass is 410 g/mol. The molecule has 0 aliphatic heterocycles. The lowest BCUT2D eigenvalue weighted by Gasteiger charge is -2.12. The summed E-state index contributed by atoms with van der Waals surface area (Å²) in [6.45, 7) is 1.74. The van der Waals surface area contributed by atoms with Gasteiger partial charge in [-0.3, -0.25) is 15.1 Å². The summed E-state index contributed by atoms with van der Waals surface area (Å²) in [5.74, 6) is -0.842. The summed E-state index contributed by atoms with van der Waals surface area (Å²) in [7, 11) is 1.43. The van der Waals surface area contributed by atoms with Crippen LogP contribution in [0.5, 0.6) is 10.9 Å². The van der Waals surface area contributed by atoms with Gasteiger partial charge in [0.1, 0.15) is 5.75 Å². The average Bonchev–Trinajstić information content (AvgIpc) is 3.08. The number of aromatic nitrogens is 3. The molecule has 0 saturated carbocycles. The SMILES string of the molecule is COc1nnc(NC(=O)c2cnc(C)cc2-c2ccc(OC(F)(F)F)cc2)s1. The number of nitrogens with one attached hydrogen (secondary N) is 1. The second kappa shape index (κ2) is 7.80. The fourth-order valence-electron chi connectivity index (χ4n) is 2.32. The molecule has 28 heavy (non-hydrogen) atoms. The zero-order valence-electron chi connectivity index (χ0n) is 14.6. The molecule has 0 radical (unpaired) electrons. The molecule has 3 rings (SSSR count). The van der Waals surface area contributed by atoms with Crippen LogP contribution in [0.15, 0.2) is 36.5 Å². The zero-order valence-corrected chi connectivity index (χ0v) is 15.4. The molecule has 0 atom stereocenters. The molecule has 0 bridgehead atoms. The maximum absolute atomic E-state index is 12.6. The number of halogens is 3. The first-order valence-electron chi connectivity index (χ1n) is 7.77. The van der Waals surface area contributed by atoms with Gasteiger partial charge in [0.15, 0.2) is 0 Å². The van der Waals surface area contributed by atoms with Crippen LogP contribution in [0.25, 0.3) is 11.1 Å². The molecule has 11 heteroatoms. The second-order valence-corrected chi connectivity index (χ2v) is 6.41. The molecule has 3 aromatic rings. The van der Waals surface area contributed by atoms with Crippen molar-refractivity contribution in [1.82, 2.24) is 15.2 Å². The predicted octanol–water partition coefficient (Wildman–Crippen LogP) is 4.07. The molecule has 7 nitrogen and oxygen atoms in total. The predicted molar refractivity (Wildman–Crippen MR) is 95.5 cm³/mol. The molecular weight excluding hydrogens is 397 g/mol. The van der Waals surface area contributed by atoms with Crippen molar-refractivity contribution in [2.45, 2.75) is 13.3 Å². The number of hydrogen-bond donors (Lipinski definition) is 1. The molecule has 0 spiro atoms. The van der Waals surface area contributed by atoms with Crippen molar-refractivity contribution in [2.75, 3.05) is 12.4 Å². The number of amides is 1. The summed E-state index contributed by atoms with van der Waals surface area (Å²) in [5.41, 5.74) is 1.89. The van der Waals surface area contributed by atoms with E-state index >= 15 is 0 Å². The lowest BCUT2D eigenvalue weighted by Crippen LogP contribution is -2.17. The number of methoxy groups -OCH3 is 1. The number of benzene rings is 1. The number of anilines is 1. The van der Waals surface area contributed by atoms with Gasteiger partial charge in [-0.1, -0.05) is 17.2 Å². The van der Waals surface area contributed by atoms with E-state index in [-0.39, 0.29) is 21.6 Å². The van der Waals surface area contributed by atoms with E-state index in [0.717, 1.165) is 11.3 Å². The van der Waals surface area contributed by atoms with E-state index in [9.17, 15) is 18.0 Å². The highest BCUT2D eigenvalue weighted by molar-refractivity contribution is 7.17. The molecule has 0 fully saturated rings. The van der Waals surface area contributed by atoms with E-state index in [1.54, 1.807) is 13.0 Å². The van der Waals surface area contributed by atoms with Gasteiger partial charge in [-0.15, -0.1) is 18.3 Å². The Morgan fingerprint density at radius 3 is 2.50 bits per heavy atom. The minimum absolute atomic E-state index is 0.226. The van der Waals surface area contributed by atoms with Crippen molar-refractivity contribution in [2.24, 2.45) is 0 Å². The van der Waals surface area contributed by atoms with Crippen LogP contribution in [0.4, 0.5) is 18.3 Å². The Morgan fingerprint density at radius 1 is 1.18 bits per heavy atom. The number of ether oxygens (including phenoxy) is 2. The number of nitrogens with zero attached hydrogens (tertiary/aromatic N) is 3. The summed E-state index contributed by atoms with van der Waals surface area (Å²) in [5, 5.41) is 10.6.